The van der Waals surface area contributed by atoms with Crippen LogP contribution < -0.4 is 10.9 Å². The van der Waals surface area contributed by atoms with Crippen LogP contribution in [0.3, 0.4) is 0 Å². The molecular weight excluding hydrogens is 368 g/mol. The minimum Gasteiger partial charge on any atom is -0.336 e. The third-order valence-electron chi connectivity index (χ3n) is 5.37. The number of likely N-dealkylation sites (tertiary alicyclic amines) is 1. The molecule has 3 aromatic rings. The highest BCUT2D eigenvalue weighted by molar-refractivity contribution is 5.77. The first-order valence-electron chi connectivity index (χ1n) is 9.59. The summed E-state index contributed by atoms with van der Waals surface area (Å²) in [6, 6.07) is 11.1. The molecule has 1 aromatic carbocycles. The second-order valence-corrected chi connectivity index (χ2v) is 7.48. The van der Waals surface area contributed by atoms with Gasteiger partial charge in [0.15, 0.2) is 0 Å². The minimum atomic E-state index is -0.126. The number of hydrogen-bond acceptors (Lipinski definition) is 5. The molecule has 1 fully saturated rings. The average Bonchev–Trinajstić information content (AvgIpc) is 2.69. The van der Waals surface area contributed by atoms with Gasteiger partial charge < -0.3 is 15.1 Å². The third kappa shape index (κ3) is 3.84. The summed E-state index contributed by atoms with van der Waals surface area (Å²) in [5.74, 6) is 0. The Morgan fingerprint density at radius 1 is 1.24 bits per heavy atom. The fraction of sp³-hybridized carbons (Fsp3) is 0.333. The Bertz CT molecular complexity index is 1060. The van der Waals surface area contributed by atoms with Gasteiger partial charge in [0.25, 0.3) is 5.56 Å². The number of nitrogens with zero attached hydrogens (tertiary/aromatic N) is 5. The number of nitrogens with one attached hydrogen (secondary N) is 1. The first-order valence-corrected chi connectivity index (χ1v) is 9.59. The fourth-order valence-corrected chi connectivity index (χ4v) is 3.61. The monoisotopic (exact) mass is 392 g/mol. The van der Waals surface area contributed by atoms with Gasteiger partial charge in [-0.3, -0.25) is 14.3 Å². The number of amides is 2. The zero-order valence-corrected chi connectivity index (χ0v) is 16.5. The van der Waals surface area contributed by atoms with Gasteiger partial charge in [-0.15, -0.1) is 0 Å². The number of fused-ring (bicyclic) bond motifs is 1. The molecule has 1 aliphatic heterocycles. The number of likely N-dealkylation sites (N-methyl/N-ethyl adjacent to an activating group) is 1. The molecule has 0 aliphatic carbocycles. The van der Waals surface area contributed by atoms with Crippen molar-refractivity contribution in [2.24, 2.45) is 0 Å². The van der Waals surface area contributed by atoms with Crippen molar-refractivity contribution in [3.8, 4) is 0 Å². The number of carbonyl (C=O) groups is 1. The number of urea groups is 1. The topological polar surface area (TPSA) is 83.4 Å². The molecule has 2 aromatic heterocycles. The van der Waals surface area contributed by atoms with Crippen molar-refractivity contribution < 1.29 is 4.79 Å². The first-order chi connectivity index (χ1) is 14.0. The molecule has 8 nitrogen and oxygen atoms in total. The van der Waals surface area contributed by atoms with Crippen LogP contribution in [0, 0.1) is 0 Å². The maximum atomic E-state index is 12.7. The summed E-state index contributed by atoms with van der Waals surface area (Å²) in [4.78, 5) is 37.5. The van der Waals surface area contributed by atoms with Crippen LogP contribution in [0.5, 0.6) is 0 Å². The Kier molecular flexibility index (Phi) is 5.26. The van der Waals surface area contributed by atoms with Crippen molar-refractivity contribution in [3.63, 3.8) is 0 Å². The van der Waals surface area contributed by atoms with Gasteiger partial charge in [0.05, 0.1) is 29.3 Å². The summed E-state index contributed by atoms with van der Waals surface area (Å²) < 4.78 is 1.63. The van der Waals surface area contributed by atoms with E-state index >= 15 is 0 Å². The van der Waals surface area contributed by atoms with Crippen molar-refractivity contribution >= 4 is 16.9 Å². The number of hydrogen-bond donors (Lipinski definition) is 1. The Hall–Kier alpha value is -3.26. The fourth-order valence-electron chi connectivity index (χ4n) is 3.61. The number of para-hydroxylation sites is 1. The molecule has 1 saturated heterocycles. The molecule has 0 saturated carbocycles. The van der Waals surface area contributed by atoms with E-state index in [1.54, 1.807) is 28.1 Å². The summed E-state index contributed by atoms with van der Waals surface area (Å²) in [6.45, 7) is 1.47. The second-order valence-electron chi connectivity index (χ2n) is 7.48. The predicted octanol–water partition coefficient (Wildman–Crippen LogP) is 1.66. The maximum Gasteiger partial charge on any atom is 0.317 e. The molecule has 29 heavy (non-hydrogen) atoms. The molecule has 1 N–H and O–H groups in total. The highest BCUT2D eigenvalue weighted by atomic mass is 16.2. The van der Waals surface area contributed by atoms with Gasteiger partial charge in [0.1, 0.15) is 0 Å². The SMILES string of the molecule is CN(C)C(CNC(=O)N1CC(n2cnc3ccccc3c2=O)C1)c1cccnc1. The number of aromatic nitrogens is 3. The van der Waals surface area contributed by atoms with Gasteiger partial charge in [-0.25, -0.2) is 9.78 Å². The zero-order chi connectivity index (χ0) is 20.4. The molecule has 8 heteroatoms. The summed E-state index contributed by atoms with van der Waals surface area (Å²) >= 11 is 0. The van der Waals surface area contributed by atoms with Crippen LogP contribution in [-0.4, -0.2) is 64.1 Å². The van der Waals surface area contributed by atoms with E-state index in [4.69, 9.17) is 0 Å². The lowest BCUT2D eigenvalue weighted by atomic mass is 10.1. The van der Waals surface area contributed by atoms with E-state index in [9.17, 15) is 9.59 Å². The average molecular weight is 392 g/mol. The van der Waals surface area contributed by atoms with Crippen LogP contribution in [0.1, 0.15) is 17.6 Å². The van der Waals surface area contributed by atoms with Gasteiger partial charge in [0.2, 0.25) is 0 Å². The molecule has 1 unspecified atom stereocenters. The lowest BCUT2D eigenvalue weighted by Crippen LogP contribution is -2.56. The van der Waals surface area contributed by atoms with Gasteiger partial charge in [0, 0.05) is 32.0 Å². The largest absolute Gasteiger partial charge is 0.336 e. The van der Waals surface area contributed by atoms with Gasteiger partial charge in [-0.2, -0.15) is 0 Å². The third-order valence-corrected chi connectivity index (χ3v) is 5.37. The van der Waals surface area contributed by atoms with E-state index in [-0.39, 0.29) is 23.7 Å². The van der Waals surface area contributed by atoms with Crippen LogP contribution in [0.4, 0.5) is 4.79 Å². The number of benzene rings is 1. The normalized spacial score (nSPS) is 15.3. The van der Waals surface area contributed by atoms with Crippen molar-refractivity contribution in [2.45, 2.75) is 12.1 Å². The van der Waals surface area contributed by atoms with E-state index in [1.807, 2.05) is 50.6 Å². The molecular formula is C21H24N6O2. The van der Waals surface area contributed by atoms with Crippen LogP contribution in [0.25, 0.3) is 10.9 Å². The predicted molar refractivity (Wildman–Crippen MR) is 111 cm³/mol. The number of rotatable bonds is 5. The molecule has 1 aliphatic rings. The van der Waals surface area contributed by atoms with E-state index in [2.05, 4.69) is 20.2 Å². The summed E-state index contributed by atoms with van der Waals surface area (Å²) in [5.41, 5.74) is 1.67. The summed E-state index contributed by atoms with van der Waals surface area (Å²) in [7, 11) is 3.95. The molecule has 150 valence electrons. The van der Waals surface area contributed by atoms with E-state index in [0.29, 0.717) is 30.5 Å². The number of carbonyl (C=O) groups excluding carboxylic acids is 1. The smallest absolute Gasteiger partial charge is 0.317 e. The van der Waals surface area contributed by atoms with Crippen LogP contribution in [0.2, 0.25) is 0 Å². The minimum absolute atomic E-state index is 0.0389. The Labute approximate surface area is 168 Å². The van der Waals surface area contributed by atoms with Gasteiger partial charge in [-0.1, -0.05) is 18.2 Å². The van der Waals surface area contributed by atoms with Gasteiger partial charge >= 0.3 is 6.03 Å². The quantitative estimate of drug-likeness (QED) is 0.714. The van der Waals surface area contributed by atoms with Crippen LogP contribution in [0.15, 0.2) is 59.9 Å². The zero-order valence-electron chi connectivity index (χ0n) is 16.5. The van der Waals surface area contributed by atoms with Crippen LogP contribution >= 0.6 is 0 Å². The molecule has 0 spiro atoms. The van der Waals surface area contributed by atoms with Crippen molar-refractivity contribution in [1.82, 2.24) is 29.7 Å². The first kappa shape index (κ1) is 19.1. The molecule has 2 amide bonds. The lowest BCUT2D eigenvalue weighted by Gasteiger charge is -2.40. The number of pyridine rings is 1. The standard InChI is InChI=1S/C21H24N6O2/c1-25(2)19(15-6-5-9-22-10-15)11-23-21(29)26-12-16(13-26)27-14-24-18-8-4-3-7-17(18)20(27)28/h3-10,14,16,19H,11-13H2,1-2H3,(H,23,29). The highest BCUT2D eigenvalue weighted by Crippen LogP contribution is 2.21. The molecule has 0 radical (unpaired) electrons. The molecule has 0 bridgehead atoms. The van der Waals surface area contributed by atoms with Crippen molar-refractivity contribution in [2.75, 3.05) is 33.7 Å². The Balaban J connectivity index is 1.37. The van der Waals surface area contributed by atoms with Crippen molar-refractivity contribution in [3.05, 3.63) is 71.0 Å². The van der Waals surface area contributed by atoms with E-state index < -0.39 is 0 Å². The van der Waals surface area contributed by atoms with Gasteiger partial charge in [-0.05, 0) is 37.9 Å². The Morgan fingerprint density at radius 2 is 2.03 bits per heavy atom. The van der Waals surface area contributed by atoms with Crippen molar-refractivity contribution in [1.29, 1.82) is 0 Å². The molecule has 4 rings (SSSR count). The maximum absolute atomic E-state index is 12.7. The molecule has 1 atom stereocenters. The second kappa shape index (κ2) is 8.00. The summed E-state index contributed by atoms with van der Waals surface area (Å²) in [6.07, 6.45) is 5.13. The van der Waals surface area contributed by atoms with E-state index in [1.165, 1.54) is 0 Å². The van der Waals surface area contributed by atoms with E-state index in [0.717, 1.165) is 5.56 Å². The highest BCUT2D eigenvalue weighted by Gasteiger charge is 2.33. The molecule has 3 heterocycles. The summed E-state index contributed by atoms with van der Waals surface area (Å²) in [5, 5.41) is 3.60. The van der Waals surface area contributed by atoms with Crippen LogP contribution in [-0.2, 0) is 0 Å². The lowest BCUT2D eigenvalue weighted by molar-refractivity contribution is 0.120. The Morgan fingerprint density at radius 3 is 2.76 bits per heavy atom.